The van der Waals surface area contributed by atoms with Crippen LogP contribution in [0.3, 0.4) is 0 Å². The zero-order chi connectivity index (χ0) is 21.8. The third-order valence-corrected chi connectivity index (χ3v) is 5.35. The average Bonchev–Trinajstić information content (AvgIpc) is 3.35. The van der Waals surface area contributed by atoms with E-state index >= 15 is 0 Å². The number of rotatable bonds is 8. The first-order valence-electron chi connectivity index (χ1n) is 10.4. The van der Waals surface area contributed by atoms with Gasteiger partial charge in [0, 0.05) is 5.56 Å². The summed E-state index contributed by atoms with van der Waals surface area (Å²) in [5, 5.41) is 1.86. The Morgan fingerprint density at radius 3 is 2.68 bits per heavy atom. The second kappa shape index (κ2) is 9.18. The molecule has 0 spiro atoms. The van der Waals surface area contributed by atoms with Crippen molar-refractivity contribution in [2.45, 2.75) is 38.8 Å². The normalized spacial score (nSPS) is 17.3. The van der Waals surface area contributed by atoms with E-state index < -0.39 is 12.0 Å². The highest BCUT2D eigenvalue weighted by atomic mass is 16.7. The minimum Gasteiger partial charge on any atom is -0.462 e. The summed E-state index contributed by atoms with van der Waals surface area (Å²) in [4.78, 5) is 38.6. The van der Waals surface area contributed by atoms with Crippen molar-refractivity contribution in [2.24, 2.45) is 0 Å². The first-order valence-corrected chi connectivity index (χ1v) is 10.4. The van der Waals surface area contributed by atoms with Crippen molar-refractivity contribution in [3.63, 3.8) is 0 Å². The summed E-state index contributed by atoms with van der Waals surface area (Å²) in [5.41, 5.74) is 1.83. The van der Waals surface area contributed by atoms with Gasteiger partial charge < -0.3 is 19.5 Å². The van der Waals surface area contributed by atoms with Crippen molar-refractivity contribution in [2.75, 3.05) is 18.3 Å². The summed E-state index contributed by atoms with van der Waals surface area (Å²) in [6.45, 7) is 3.15. The highest BCUT2D eigenvalue weighted by Gasteiger charge is 2.42. The number of esters is 1. The Kier molecular flexibility index (Phi) is 6.18. The number of carbonyl (C=O) groups excluding carboxylic acids is 3. The molecule has 0 aliphatic carbocycles. The highest BCUT2D eigenvalue weighted by molar-refractivity contribution is 6.21. The minimum absolute atomic E-state index is 0.129. The van der Waals surface area contributed by atoms with Gasteiger partial charge in [0.2, 0.25) is 12.7 Å². The molecular formula is C23H25N2O6+. The highest BCUT2D eigenvalue weighted by Crippen LogP contribution is 2.32. The number of hydrogen-bond donors (Lipinski definition) is 1. The predicted molar refractivity (Wildman–Crippen MR) is 111 cm³/mol. The van der Waals surface area contributed by atoms with Gasteiger partial charge in [-0.2, -0.15) is 0 Å². The maximum atomic E-state index is 12.9. The molecule has 2 aromatic carbocycles. The smallest absolute Gasteiger partial charge is 0.338 e. The monoisotopic (exact) mass is 425 g/mol. The number of quaternary nitrogens is 1. The quantitative estimate of drug-likeness (QED) is 0.393. The lowest BCUT2D eigenvalue weighted by molar-refractivity contribution is -0.690. The lowest BCUT2D eigenvalue weighted by Crippen LogP contribution is -2.90. The largest absolute Gasteiger partial charge is 0.462 e. The molecule has 1 atom stereocenters. The van der Waals surface area contributed by atoms with Crippen LogP contribution < -0.4 is 19.7 Å². The molecule has 8 nitrogen and oxygen atoms in total. The number of imide groups is 1. The number of hydrogen-bond acceptors (Lipinski definition) is 6. The summed E-state index contributed by atoms with van der Waals surface area (Å²) >= 11 is 0. The molecule has 2 amide bonds. The number of ether oxygens (including phenoxy) is 3. The number of carbonyl (C=O) groups is 3. The van der Waals surface area contributed by atoms with Crippen molar-refractivity contribution in [3.05, 3.63) is 53.6 Å². The number of nitrogens with zero attached hydrogens (tertiary/aromatic N) is 1. The fourth-order valence-electron chi connectivity index (χ4n) is 3.60. The lowest BCUT2D eigenvalue weighted by Gasteiger charge is -2.14. The standard InChI is InChI=1S/C23H24N2O6/c1-2-3-10-29-23(28)16-5-7-17(8-6-16)25-21(26)12-18(22(25)27)24-13-15-4-9-19-20(11-15)31-14-30-19/h4-9,11,18,24H,2-3,10,12-14H2,1H3/p+1/t18-/m1/s1. The van der Waals surface area contributed by atoms with Gasteiger partial charge in [-0.3, -0.25) is 9.59 Å². The fourth-order valence-corrected chi connectivity index (χ4v) is 3.60. The average molecular weight is 425 g/mol. The zero-order valence-corrected chi connectivity index (χ0v) is 17.3. The molecule has 2 aromatic rings. The number of unbranched alkanes of at least 4 members (excludes halogenated alkanes) is 1. The van der Waals surface area contributed by atoms with Crippen LogP contribution >= 0.6 is 0 Å². The van der Waals surface area contributed by atoms with Gasteiger partial charge in [-0.25, -0.2) is 9.69 Å². The maximum Gasteiger partial charge on any atom is 0.338 e. The molecule has 0 aromatic heterocycles. The van der Waals surface area contributed by atoms with Gasteiger partial charge in [-0.05, 0) is 48.9 Å². The Bertz CT molecular complexity index is 988. The molecule has 2 aliphatic rings. The van der Waals surface area contributed by atoms with E-state index in [-0.39, 0.29) is 25.0 Å². The number of amides is 2. The molecule has 1 saturated heterocycles. The van der Waals surface area contributed by atoms with Crippen molar-refractivity contribution in [1.82, 2.24) is 0 Å². The van der Waals surface area contributed by atoms with Gasteiger partial charge in [0.05, 0.1) is 24.3 Å². The molecule has 0 bridgehead atoms. The van der Waals surface area contributed by atoms with Gasteiger partial charge in [-0.1, -0.05) is 13.3 Å². The van der Waals surface area contributed by atoms with E-state index in [1.807, 2.05) is 30.4 Å². The molecule has 2 aliphatic heterocycles. The van der Waals surface area contributed by atoms with Crippen LogP contribution in [-0.2, 0) is 20.9 Å². The van der Waals surface area contributed by atoms with Gasteiger partial charge in [0.25, 0.3) is 5.91 Å². The van der Waals surface area contributed by atoms with Crippen molar-refractivity contribution in [3.8, 4) is 11.5 Å². The maximum absolute atomic E-state index is 12.9. The first kappa shape index (κ1) is 20.9. The van der Waals surface area contributed by atoms with Crippen molar-refractivity contribution in [1.29, 1.82) is 0 Å². The first-order chi connectivity index (χ1) is 15.1. The molecule has 31 heavy (non-hydrogen) atoms. The van der Waals surface area contributed by atoms with E-state index in [0.29, 0.717) is 35.9 Å². The molecule has 2 heterocycles. The van der Waals surface area contributed by atoms with E-state index in [1.54, 1.807) is 24.3 Å². The number of anilines is 1. The van der Waals surface area contributed by atoms with Crippen LogP contribution in [0.5, 0.6) is 11.5 Å². The van der Waals surface area contributed by atoms with Crippen LogP contribution in [0.2, 0.25) is 0 Å². The second-order valence-corrected chi connectivity index (χ2v) is 7.54. The van der Waals surface area contributed by atoms with E-state index in [4.69, 9.17) is 14.2 Å². The Morgan fingerprint density at radius 1 is 1.13 bits per heavy atom. The molecule has 0 saturated carbocycles. The Morgan fingerprint density at radius 2 is 1.90 bits per heavy atom. The van der Waals surface area contributed by atoms with Gasteiger partial charge in [0.1, 0.15) is 6.54 Å². The topological polar surface area (TPSA) is 98.8 Å². The van der Waals surface area contributed by atoms with Gasteiger partial charge in [0.15, 0.2) is 17.5 Å². The van der Waals surface area contributed by atoms with Gasteiger partial charge in [-0.15, -0.1) is 0 Å². The van der Waals surface area contributed by atoms with Crippen LogP contribution in [-0.4, -0.2) is 37.2 Å². The number of benzene rings is 2. The Hall–Kier alpha value is -3.39. The molecule has 162 valence electrons. The number of nitrogens with two attached hydrogens (primary N) is 1. The third kappa shape index (κ3) is 4.54. The van der Waals surface area contributed by atoms with Crippen LogP contribution in [0.1, 0.15) is 42.1 Å². The van der Waals surface area contributed by atoms with Crippen LogP contribution in [0.15, 0.2) is 42.5 Å². The molecule has 8 heteroatoms. The summed E-state index contributed by atoms with van der Waals surface area (Å²) in [7, 11) is 0. The Labute approximate surface area is 180 Å². The van der Waals surface area contributed by atoms with Gasteiger partial charge >= 0.3 is 5.97 Å². The summed E-state index contributed by atoms with van der Waals surface area (Å²) in [6.07, 6.45) is 1.88. The SMILES string of the molecule is CCCCOC(=O)c1ccc(N2C(=O)C[C@@H]([NH2+]Cc3ccc4c(c3)OCO4)C2=O)cc1. The van der Waals surface area contributed by atoms with E-state index in [2.05, 4.69) is 0 Å². The minimum atomic E-state index is -0.489. The number of fused-ring (bicyclic) bond motifs is 1. The molecule has 0 radical (unpaired) electrons. The van der Waals surface area contributed by atoms with E-state index in [0.717, 1.165) is 18.4 Å². The fraction of sp³-hybridized carbons (Fsp3) is 0.348. The molecule has 2 N–H and O–H groups in total. The van der Waals surface area contributed by atoms with E-state index in [1.165, 1.54) is 4.90 Å². The van der Waals surface area contributed by atoms with Crippen molar-refractivity contribution >= 4 is 23.5 Å². The zero-order valence-electron chi connectivity index (χ0n) is 17.3. The van der Waals surface area contributed by atoms with Crippen LogP contribution in [0, 0.1) is 0 Å². The molecule has 1 fully saturated rings. The Balaban J connectivity index is 1.37. The second-order valence-electron chi connectivity index (χ2n) is 7.54. The lowest BCUT2D eigenvalue weighted by atomic mass is 10.1. The van der Waals surface area contributed by atoms with Crippen LogP contribution in [0.4, 0.5) is 5.69 Å². The van der Waals surface area contributed by atoms with Crippen LogP contribution in [0.25, 0.3) is 0 Å². The summed E-state index contributed by atoms with van der Waals surface area (Å²) in [5.74, 6) is 0.475. The molecule has 0 unspecified atom stereocenters. The summed E-state index contributed by atoms with van der Waals surface area (Å²) < 4.78 is 15.9. The predicted octanol–water partition coefficient (Wildman–Crippen LogP) is 1.77. The van der Waals surface area contributed by atoms with Crippen molar-refractivity contribution < 1.29 is 33.9 Å². The van der Waals surface area contributed by atoms with E-state index in [9.17, 15) is 14.4 Å². The molecular weight excluding hydrogens is 400 g/mol. The third-order valence-electron chi connectivity index (χ3n) is 5.35. The molecule has 4 rings (SSSR count). The summed E-state index contributed by atoms with van der Waals surface area (Å²) in [6, 6.07) is 11.5.